The molecular weight excluding hydrogens is 170 g/mol. The predicted molar refractivity (Wildman–Crippen MR) is 52.9 cm³/mol. The van der Waals surface area contributed by atoms with Gasteiger partial charge >= 0.3 is 0 Å². The number of allylic oxidation sites excluding steroid dienone is 5. The van der Waals surface area contributed by atoms with Gasteiger partial charge in [-0.3, -0.25) is 0 Å². The maximum Gasteiger partial charge on any atom is 0.270 e. The summed E-state index contributed by atoms with van der Waals surface area (Å²) in [5.74, 6) is -2.80. The van der Waals surface area contributed by atoms with E-state index in [9.17, 15) is 8.78 Å². The van der Waals surface area contributed by atoms with E-state index in [0.717, 1.165) is 12.5 Å². The van der Waals surface area contributed by atoms with Crippen molar-refractivity contribution < 1.29 is 8.78 Å². The number of hydrogen-bond donors (Lipinski definition) is 0. The zero-order valence-electron chi connectivity index (χ0n) is 8.62. The van der Waals surface area contributed by atoms with Gasteiger partial charge < -0.3 is 0 Å². The van der Waals surface area contributed by atoms with E-state index in [4.69, 9.17) is 0 Å². The molecular formula is C11H16F2. The monoisotopic (exact) mass is 186 g/mol. The molecule has 0 saturated heterocycles. The standard InChI is InChI=1S/C11H16F2/c1-6-9(4)10(7-8(2)3)11(5,12)13/h6-7H,1H2,2-5H3/b10-9+. The normalized spacial score (nSPS) is 13.4. The average Bonchev–Trinajstić information content (AvgIpc) is 1.96. The van der Waals surface area contributed by atoms with E-state index in [2.05, 4.69) is 6.58 Å². The van der Waals surface area contributed by atoms with Crippen LogP contribution in [0.3, 0.4) is 0 Å². The second-order valence-corrected chi connectivity index (χ2v) is 3.41. The molecule has 0 nitrogen and oxygen atoms in total. The van der Waals surface area contributed by atoms with Crippen LogP contribution < -0.4 is 0 Å². The van der Waals surface area contributed by atoms with Crippen LogP contribution in [0.2, 0.25) is 0 Å². The van der Waals surface area contributed by atoms with Gasteiger partial charge in [0.2, 0.25) is 0 Å². The Morgan fingerprint density at radius 3 is 1.92 bits per heavy atom. The lowest BCUT2D eigenvalue weighted by Crippen LogP contribution is -2.13. The Morgan fingerprint density at radius 1 is 1.23 bits per heavy atom. The molecule has 0 unspecified atom stereocenters. The Balaban J connectivity index is 5.24. The molecule has 74 valence electrons. The van der Waals surface area contributed by atoms with Crippen LogP contribution in [0.15, 0.2) is 35.5 Å². The first kappa shape index (κ1) is 12.1. The second kappa shape index (κ2) is 4.35. The molecule has 0 aliphatic carbocycles. The molecule has 0 aromatic heterocycles. The van der Waals surface area contributed by atoms with Crippen molar-refractivity contribution in [1.29, 1.82) is 0 Å². The second-order valence-electron chi connectivity index (χ2n) is 3.41. The maximum atomic E-state index is 13.0. The number of halogens is 2. The van der Waals surface area contributed by atoms with Gasteiger partial charge in [0.15, 0.2) is 0 Å². The lowest BCUT2D eigenvalue weighted by molar-refractivity contribution is 0.0666. The van der Waals surface area contributed by atoms with E-state index in [-0.39, 0.29) is 5.57 Å². The van der Waals surface area contributed by atoms with Gasteiger partial charge in [-0.05, 0) is 26.3 Å². The summed E-state index contributed by atoms with van der Waals surface area (Å²) in [6.07, 6.45) is 2.95. The molecule has 0 aromatic carbocycles. The first-order valence-electron chi connectivity index (χ1n) is 4.15. The zero-order valence-corrected chi connectivity index (χ0v) is 8.62. The van der Waals surface area contributed by atoms with Gasteiger partial charge in [0.1, 0.15) is 0 Å². The van der Waals surface area contributed by atoms with Gasteiger partial charge in [-0.2, -0.15) is 0 Å². The minimum Gasteiger partial charge on any atom is -0.202 e. The van der Waals surface area contributed by atoms with Gasteiger partial charge in [-0.25, -0.2) is 8.78 Å². The number of rotatable bonds is 3. The van der Waals surface area contributed by atoms with Crippen LogP contribution in [-0.4, -0.2) is 5.92 Å². The number of alkyl halides is 2. The molecule has 0 spiro atoms. The van der Waals surface area contributed by atoms with Crippen LogP contribution in [0, 0.1) is 0 Å². The van der Waals surface area contributed by atoms with E-state index in [1.807, 2.05) is 0 Å². The van der Waals surface area contributed by atoms with Gasteiger partial charge in [-0.1, -0.05) is 24.3 Å². The van der Waals surface area contributed by atoms with Crippen LogP contribution in [0.5, 0.6) is 0 Å². The third-order valence-corrected chi connectivity index (χ3v) is 1.64. The SMILES string of the molecule is C=C/C(C)=C(\C=C(C)C)C(C)(F)F. The van der Waals surface area contributed by atoms with Crippen LogP contribution in [0.25, 0.3) is 0 Å². The van der Waals surface area contributed by atoms with Crippen molar-refractivity contribution in [2.24, 2.45) is 0 Å². The molecule has 0 fully saturated rings. The fourth-order valence-electron chi connectivity index (χ4n) is 0.985. The van der Waals surface area contributed by atoms with Crippen LogP contribution in [-0.2, 0) is 0 Å². The third-order valence-electron chi connectivity index (χ3n) is 1.64. The molecule has 0 aliphatic rings. The molecule has 0 amide bonds. The van der Waals surface area contributed by atoms with E-state index in [0.29, 0.717) is 5.57 Å². The maximum absolute atomic E-state index is 13.0. The first-order chi connectivity index (χ1) is 5.79. The van der Waals surface area contributed by atoms with E-state index in [1.165, 1.54) is 12.2 Å². The highest BCUT2D eigenvalue weighted by atomic mass is 19.3. The molecule has 0 N–H and O–H groups in total. The Hall–Kier alpha value is -0.920. The quantitative estimate of drug-likeness (QED) is 0.582. The highest BCUT2D eigenvalue weighted by Crippen LogP contribution is 2.28. The lowest BCUT2D eigenvalue weighted by atomic mass is 10.0. The summed E-state index contributed by atoms with van der Waals surface area (Å²) < 4.78 is 26.1. The molecule has 0 aromatic rings. The summed E-state index contributed by atoms with van der Waals surface area (Å²) in [6, 6.07) is 0. The van der Waals surface area contributed by atoms with Crippen molar-refractivity contribution in [3.8, 4) is 0 Å². The summed E-state index contributed by atoms with van der Waals surface area (Å²) in [7, 11) is 0. The predicted octanol–water partition coefficient (Wildman–Crippen LogP) is 4.11. The molecule has 0 bridgehead atoms. The van der Waals surface area contributed by atoms with Gasteiger partial charge in [-0.15, -0.1) is 0 Å². The van der Waals surface area contributed by atoms with Crippen LogP contribution in [0.4, 0.5) is 8.78 Å². The summed E-state index contributed by atoms with van der Waals surface area (Å²) >= 11 is 0. The van der Waals surface area contributed by atoms with Crippen molar-refractivity contribution in [2.45, 2.75) is 33.6 Å². The fraction of sp³-hybridized carbons (Fsp3) is 0.455. The van der Waals surface area contributed by atoms with Crippen molar-refractivity contribution >= 4 is 0 Å². The van der Waals surface area contributed by atoms with E-state index < -0.39 is 5.92 Å². The Kier molecular flexibility index (Phi) is 4.05. The summed E-state index contributed by atoms with van der Waals surface area (Å²) in [5, 5.41) is 0. The smallest absolute Gasteiger partial charge is 0.202 e. The molecule has 0 aliphatic heterocycles. The van der Waals surface area contributed by atoms with E-state index >= 15 is 0 Å². The van der Waals surface area contributed by atoms with Crippen molar-refractivity contribution in [1.82, 2.24) is 0 Å². The third kappa shape index (κ3) is 4.02. The Morgan fingerprint density at radius 2 is 1.69 bits per heavy atom. The minimum atomic E-state index is -2.80. The minimum absolute atomic E-state index is 0.0440. The summed E-state index contributed by atoms with van der Waals surface area (Å²) in [5.41, 5.74) is 1.42. The van der Waals surface area contributed by atoms with Crippen molar-refractivity contribution in [3.63, 3.8) is 0 Å². The fourth-order valence-corrected chi connectivity index (χ4v) is 0.985. The van der Waals surface area contributed by atoms with Crippen molar-refractivity contribution in [2.75, 3.05) is 0 Å². The first-order valence-corrected chi connectivity index (χ1v) is 4.15. The Labute approximate surface area is 78.7 Å². The topological polar surface area (TPSA) is 0 Å². The molecule has 2 heteroatoms. The van der Waals surface area contributed by atoms with Gasteiger partial charge in [0, 0.05) is 12.5 Å². The molecule has 0 atom stereocenters. The highest BCUT2D eigenvalue weighted by molar-refractivity contribution is 5.36. The zero-order chi connectivity index (χ0) is 10.6. The highest BCUT2D eigenvalue weighted by Gasteiger charge is 2.26. The largest absolute Gasteiger partial charge is 0.270 e. The number of hydrogen-bond acceptors (Lipinski definition) is 0. The molecule has 0 radical (unpaired) electrons. The van der Waals surface area contributed by atoms with Crippen molar-refractivity contribution in [3.05, 3.63) is 35.5 Å². The summed E-state index contributed by atoms with van der Waals surface area (Å²) in [4.78, 5) is 0. The lowest BCUT2D eigenvalue weighted by Gasteiger charge is -2.14. The average molecular weight is 186 g/mol. The van der Waals surface area contributed by atoms with Gasteiger partial charge in [0.25, 0.3) is 5.92 Å². The Bertz CT molecular complexity index is 248. The van der Waals surface area contributed by atoms with Crippen LogP contribution >= 0.6 is 0 Å². The molecule has 0 saturated carbocycles. The van der Waals surface area contributed by atoms with E-state index in [1.54, 1.807) is 20.8 Å². The molecule has 0 rings (SSSR count). The van der Waals surface area contributed by atoms with Crippen LogP contribution in [0.1, 0.15) is 27.7 Å². The van der Waals surface area contributed by atoms with Gasteiger partial charge in [0.05, 0.1) is 0 Å². The molecule has 13 heavy (non-hydrogen) atoms. The summed E-state index contributed by atoms with van der Waals surface area (Å²) in [6.45, 7) is 9.61. The molecule has 0 heterocycles.